The predicted octanol–water partition coefficient (Wildman–Crippen LogP) is 1.21. The lowest BCUT2D eigenvalue weighted by Crippen LogP contribution is -2.55. The van der Waals surface area contributed by atoms with Gasteiger partial charge in [0.15, 0.2) is 0 Å². The van der Waals surface area contributed by atoms with Crippen LogP contribution in [0.1, 0.15) is 12.8 Å². The first kappa shape index (κ1) is 19.5. The van der Waals surface area contributed by atoms with Crippen molar-refractivity contribution in [2.24, 2.45) is 0 Å². The van der Waals surface area contributed by atoms with Crippen LogP contribution >= 0.6 is 12.4 Å². The maximum absolute atomic E-state index is 12.4. The molecule has 7 nitrogen and oxygen atoms in total. The molecule has 1 aromatic rings. The number of morpholine rings is 1. The van der Waals surface area contributed by atoms with Crippen LogP contribution in [0.25, 0.3) is 0 Å². The van der Waals surface area contributed by atoms with Gasteiger partial charge in [0.1, 0.15) is 6.04 Å². The molecule has 8 heteroatoms. The second-order valence-corrected chi connectivity index (χ2v) is 6.15. The average molecular weight is 369 g/mol. The molecule has 2 saturated heterocycles. The smallest absolute Gasteiger partial charge is 0.319 e. The zero-order valence-corrected chi connectivity index (χ0v) is 14.9. The molecule has 2 aliphatic heterocycles. The Labute approximate surface area is 153 Å². The fourth-order valence-electron chi connectivity index (χ4n) is 3.06. The van der Waals surface area contributed by atoms with Crippen LogP contribution < -0.4 is 16.0 Å². The van der Waals surface area contributed by atoms with Gasteiger partial charge in [-0.3, -0.25) is 4.79 Å². The van der Waals surface area contributed by atoms with Crippen LogP contribution in [0.15, 0.2) is 30.3 Å². The van der Waals surface area contributed by atoms with Gasteiger partial charge in [-0.2, -0.15) is 0 Å². The van der Waals surface area contributed by atoms with Gasteiger partial charge in [-0.25, -0.2) is 4.79 Å². The van der Waals surface area contributed by atoms with Crippen molar-refractivity contribution in [3.63, 3.8) is 0 Å². The Morgan fingerprint density at radius 2 is 1.88 bits per heavy atom. The summed E-state index contributed by atoms with van der Waals surface area (Å²) in [5.74, 6) is 0.0990. The van der Waals surface area contributed by atoms with Crippen molar-refractivity contribution in [2.45, 2.75) is 24.9 Å². The number of ether oxygens (including phenoxy) is 1. The molecule has 0 bridgehead atoms. The van der Waals surface area contributed by atoms with E-state index in [0.717, 1.165) is 18.5 Å². The molecule has 3 amide bonds. The molecule has 3 N–H and O–H groups in total. The van der Waals surface area contributed by atoms with Gasteiger partial charge in [-0.1, -0.05) is 18.2 Å². The van der Waals surface area contributed by atoms with Crippen molar-refractivity contribution in [1.29, 1.82) is 0 Å². The second-order valence-electron chi connectivity index (χ2n) is 6.15. The van der Waals surface area contributed by atoms with Crippen molar-refractivity contribution in [3.8, 4) is 0 Å². The van der Waals surface area contributed by atoms with Gasteiger partial charge in [0, 0.05) is 31.4 Å². The van der Waals surface area contributed by atoms with Crippen LogP contribution in [-0.4, -0.2) is 61.8 Å². The van der Waals surface area contributed by atoms with Gasteiger partial charge in [0.05, 0.1) is 13.2 Å². The third-order valence-electron chi connectivity index (χ3n) is 4.39. The average Bonchev–Trinajstić information content (AvgIpc) is 2.63. The number of halogens is 1. The summed E-state index contributed by atoms with van der Waals surface area (Å²) in [6.07, 6.45) is 1.53. The summed E-state index contributed by atoms with van der Waals surface area (Å²) < 4.78 is 5.35. The second kappa shape index (κ2) is 9.60. The molecule has 0 aromatic heterocycles. The third-order valence-corrected chi connectivity index (χ3v) is 4.39. The highest BCUT2D eigenvalue weighted by Gasteiger charge is 2.29. The summed E-state index contributed by atoms with van der Waals surface area (Å²) in [7, 11) is 0. The van der Waals surface area contributed by atoms with Crippen molar-refractivity contribution in [3.05, 3.63) is 30.3 Å². The Kier molecular flexibility index (Phi) is 7.49. The van der Waals surface area contributed by atoms with Crippen LogP contribution in [0.2, 0.25) is 0 Å². The summed E-state index contributed by atoms with van der Waals surface area (Å²) in [4.78, 5) is 26.3. The van der Waals surface area contributed by atoms with Gasteiger partial charge < -0.3 is 25.6 Å². The normalized spacial score (nSPS) is 21.1. The molecule has 1 unspecified atom stereocenters. The van der Waals surface area contributed by atoms with E-state index in [1.54, 1.807) is 0 Å². The van der Waals surface area contributed by atoms with Gasteiger partial charge in [-0.15, -0.1) is 12.4 Å². The number of nitrogens with zero attached hydrogens (tertiary/aromatic N) is 1. The standard InChI is InChI=1S/C17H24N4O3.ClH/c22-16(15-12-24-11-8-18-15)21-9-6-14(7-10-21)20-17(23)19-13-4-2-1-3-5-13;/h1-5,14-15,18H,6-12H2,(H2,19,20,23);1H. The minimum atomic E-state index is -0.232. The number of hydrogen-bond donors (Lipinski definition) is 3. The Morgan fingerprint density at radius 3 is 2.52 bits per heavy atom. The number of anilines is 1. The summed E-state index contributed by atoms with van der Waals surface area (Å²) in [5, 5.41) is 8.99. The highest BCUT2D eigenvalue weighted by atomic mass is 35.5. The molecule has 138 valence electrons. The minimum Gasteiger partial charge on any atom is -0.378 e. The molecular weight excluding hydrogens is 344 g/mol. The summed E-state index contributed by atoms with van der Waals surface area (Å²) in [5.41, 5.74) is 0.769. The lowest BCUT2D eigenvalue weighted by atomic mass is 10.0. The summed E-state index contributed by atoms with van der Waals surface area (Å²) in [6, 6.07) is 9.01. The third kappa shape index (κ3) is 5.59. The van der Waals surface area contributed by atoms with E-state index >= 15 is 0 Å². The van der Waals surface area contributed by atoms with E-state index < -0.39 is 0 Å². The number of urea groups is 1. The van der Waals surface area contributed by atoms with Gasteiger partial charge >= 0.3 is 6.03 Å². The maximum Gasteiger partial charge on any atom is 0.319 e. The highest BCUT2D eigenvalue weighted by Crippen LogP contribution is 2.13. The number of piperidine rings is 1. The Bertz CT molecular complexity index is 558. The summed E-state index contributed by atoms with van der Waals surface area (Å²) >= 11 is 0. The lowest BCUT2D eigenvalue weighted by Gasteiger charge is -2.35. The molecule has 3 rings (SSSR count). The highest BCUT2D eigenvalue weighted by molar-refractivity contribution is 5.89. The van der Waals surface area contributed by atoms with Crippen molar-refractivity contribution < 1.29 is 14.3 Å². The number of amides is 3. The molecule has 2 aliphatic rings. The summed E-state index contributed by atoms with van der Waals surface area (Å²) in [6.45, 7) is 3.14. The number of benzene rings is 1. The Balaban J connectivity index is 0.00000225. The molecular formula is C17H25ClN4O3. The number of likely N-dealkylation sites (tertiary alicyclic amines) is 1. The zero-order chi connectivity index (χ0) is 16.8. The Hall–Kier alpha value is -1.83. The minimum absolute atomic E-state index is 0. The molecule has 2 fully saturated rings. The number of para-hydroxylation sites is 1. The quantitative estimate of drug-likeness (QED) is 0.749. The molecule has 1 atom stereocenters. The van der Waals surface area contributed by atoms with E-state index in [-0.39, 0.29) is 36.4 Å². The molecule has 1 aromatic carbocycles. The molecule has 0 saturated carbocycles. The SMILES string of the molecule is Cl.O=C(Nc1ccccc1)NC1CCN(C(=O)C2COCCN2)CC1. The van der Waals surface area contributed by atoms with Crippen LogP contribution in [0.3, 0.4) is 0 Å². The van der Waals surface area contributed by atoms with E-state index in [2.05, 4.69) is 16.0 Å². The van der Waals surface area contributed by atoms with Crippen molar-refractivity contribution in [2.75, 3.05) is 38.2 Å². The lowest BCUT2D eigenvalue weighted by molar-refractivity contribution is -0.137. The first-order valence-electron chi connectivity index (χ1n) is 8.45. The van der Waals surface area contributed by atoms with Gasteiger partial charge in [0.25, 0.3) is 0 Å². The first-order valence-corrected chi connectivity index (χ1v) is 8.45. The van der Waals surface area contributed by atoms with Crippen LogP contribution in [0, 0.1) is 0 Å². The monoisotopic (exact) mass is 368 g/mol. The largest absolute Gasteiger partial charge is 0.378 e. The van der Waals surface area contributed by atoms with Gasteiger partial charge in [0.2, 0.25) is 5.91 Å². The fraction of sp³-hybridized carbons (Fsp3) is 0.529. The number of nitrogens with one attached hydrogen (secondary N) is 3. The number of carbonyl (C=O) groups is 2. The Morgan fingerprint density at radius 1 is 1.16 bits per heavy atom. The van der Waals surface area contributed by atoms with Crippen LogP contribution in [-0.2, 0) is 9.53 Å². The first-order chi connectivity index (χ1) is 11.7. The van der Waals surface area contributed by atoms with E-state index in [0.29, 0.717) is 32.8 Å². The topological polar surface area (TPSA) is 82.7 Å². The van der Waals surface area contributed by atoms with E-state index in [9.17, 15) is 9.59 Å². The molecule has 25 heavy (non-hydrogen) atoms. The van der Waals surface area contributed by atoms with Crippen molar-refractivity contribution in [1.82, 2.24) is 15.5 Å². The zero-order valence-electron chi connectivity index (χ0n) is 14.1. The number of hydrogen-bond acceptors (Lipinski definition) is 4. The maximum atomic E-state index is 12.4. The molecule has 2 heterocycles. The van der Waals surface area contributed by atoms with Crippen LogP contribution in [0.4, 0.5) is 10.5 Å². The molecule has 0 radical (unpaired) electrons. The van der Waals surface area contributed by atoms with E-state index in [4.69, 9.17) is 4.74 Å². The number of rotatable bonds is 3. The predicted molar refractivity (Wildman–Crippen MR) is 98.1 cm³/mol. The molecule has 0 spiro atoms. The van der Waals surface area contributed by atoms with Gasteiger partial charge in [-0.05, 0) is 25.0 Å². The van der Waals surface area contributed by atoms with E-state index in [1.807, 2.05) is 35.2 Å². The number of carbonyl (C=O) groups excluding carboxylic acids is 2. The van der Waals surface area contributed by atoms with Crippen LogP contribution in [0.5, 0.6) is 0 Å². The van der Waals surface area contributed by atoms with E-state index in [1.165, 1.54) is 0 Å². The van der Waals surface area contributed by atoms with Crippen molar-refractivity contribution >= 4 is 30.0 Å². The molecule has 0 aliphatic carbocycles. The fourth-order valence-corrected chi connectivity index (χ4v) is 3.06.